The van der Waals surface area contributed by atoms with Crippen LogP contribution in [0.15, 0.2) is 64.9 Å². The molecule has 0 saturated heterocycles. The molecule has 1 atom stereocenters. The number of thiophene rings is 1. The Morgan fingerprint density at radius 3 is 2.45 bits per heavy atom. The molecule has 3 aromatic rings. The van der Waals surface area contributed by atoms with Gasteiger partial charge in [0.05, 0.1) is 24.6 Å². The molecule has 0 spiro atoms. The second-order valence-corrected chi connectivity index (χ2v) is 12.6. The van der Waals surface area contributed by atoms with E-state index >= 15 is 0 Å². The summed E-state index contributed by atoms with van der Waals surface area (Å²) in [7, 11) is -2.40. The fourth-order valence-corrected chi connectivity index (χ4v) is 6.74. The minimum atomic E-state index is -3.92. The van der Waals surface area contributed by atoms with Crippen LogP contribution >= 0.6 is 11.3 Å². The standard InChI is InChI=1S/C28H33FN2O5S2/c1-20(2)12-15-30(38(33,34)24-10-8-22(35-3)9-11-24)18-28(32)31-16-13-27-25(14-17-37-27)26(31)19-36-23-6-4-21(29)5-7-23/h4-11,14,17,20,26H,12-13,15-16,18-19H2,1-3H3/t26-/m1/s1. The summed E-state index contributed by atoms with van der Waals surface area (Å²) in [5.74, 6) is 0.681. The monoisotopic (exact) mass is 560 g/mol. The lowest BCUT2D eigenvalue weighted by Crippen LogP contribution is -2.48. The molecule has 0 N–H and O–H groups in total. The number of ether oxygens (including phenoxy) is 2. The number of amides is 1. The third-order valence-electron chi connectivity index (χ3n) is 6.60. The van der Waals surface area contributed by atoms with Crippen molar-refractivity contribution in [3.63, 3.8) is 0 Å². The van der Waals surface area contributed by atoms with Crippen LogP contribution in [0.5, 0.6) is 11.5 Å². The van der Waals surface area contributed by atoms with E-state index in [2.05, 4.69) is 0 Å². The van der Waals surface area contributed by atoms with Crippen molar-refractivity contribution < 1.29 is 27.1 Å². The summed E-state index contributed by atoms with van der Waals surface area (Å²) in [5, 5.41) is 1.99. The SMILES string of the molecule is COc1ccc(S(=O)(=O)N(CCC(C)C)CC(=O)N2CCc3sccc3[C@H]2COc2ccc(F)cc2)cc1. The lowest BCUT2D eigenvalue weighted by atomic mass is 10.0. The molecule has 0 aliphatic carbocycles. The Balaban J connectivity index is 1.56. The summed E-state index contributed by atoms with van der Waals surface area (Å²) in [4.78, 5) is 16.7. The Morgan fingerprint density at radius 2 is 1.79 bits per heavy atom. The van der Waals surface area contributed by atoms with Gasteiger partial charge in [-0.3, -0.25) is 4.79 Å². The van der Waals surface area contributed by atoms with Gasteiger partial charge >= 0.3 is 0 Å². The number of sulfonamides is 1. The number of benzene rings is 2. The molecular weight excluding hydrogens is 527 g/mol. The summed E-state index contributed by atoms with van der Waals surface area (Å²) in [6.07, 6.45) is 1.32. The highest BCUT2D eigenvalue weighted by Gasteiger charge is 2.35. The van der Waals surface area contributed by atoms with Gasteiger partial charge in [0.2, 0.25) is 15.9 Å². The maximum absolute atomic E-state index is 13.7. The van der Waals surface area contributed by atoms with Crippen LogP contribution in [0.4, 0.5) is 4.39 Å². The smallest absolute Gasteiger partial charge is 0.243 e. The van der Waals surface area contributed by atoms with Crippen molar-refractivity contribution in [2.45, 2.75) is 37.6 Å². The van der Waals surface area contributed by atoms with E-state index in [9.17, 15) is 17.6 Å². The predicted molar refractivity (Wildman–Crippen MR) is 146 cm³/mol. The highest BCUT2D eigenvalue weighted by atomic mass is 32.2. The largest absolute Gasteiger partial charge is 0.497 e. The van der Waals surface area contributed by atoms with Crippen LogP contribution in [0.25, 0.3) is 0 Å². The van der Waals surface area contributed by atoms with Crippen molar-refractivity contribution in [2.75, 3.05) is 33.4 Å². The van der Waals surface area contributed by atoms with Crippen molar-refractivity contribution >= 4 is 27.3 Å². The minimum absolute atomic E-state index is 0.116. The molecule has 38 heavy (non-hydrogen) atoms. The van der Waals surface area contributed by atoms with Crippen LogP contribution < -0.4 is 9.47 Å². The number of hydrogen-bond acceptors (Lipinski definition) is 6. The topological polar surface area (TPSA) is 76.2 Å². The van der Waals surface area contributed by atoms with E-state index in [1.807, 2.05) is 25.3 Å². The number of nitrogens with zero attached hydrogens (tertiary/aromatic N) is 2. The summed E-state index contributed by atoms with van der Waals surface area (Å²) < 4.78 is 52.9. The fourth-order valence-electron chi connectivity index (χ4n) is 4.41. The zero-order valence-corrected chi connectivity index (χ0v) is 23.4. The fraction of sp³-hybridized carbons (Fsp3) is 0.393. The predicted octanol–water partition coefficient (Wildman–Crippen LogP) is 5.14. The lowest BCUT2D eigenvalue weighted by molar-refractivity contribution is -0.135. The molecule has 1 aromatic heterocycles. The molecule has 7 nitrogen and oxygen atoms in total. The van der Waals surface area contributed by atoms with E-state index in [0.29, 0.717) is 30.9 Å². The third kappa shape index (κ3) is 6.54. The van der Waals surface area contributed by atoms with Crippen molar-refractivity contribution in [1.29, 1.82) is 0 Å². The van der Waals surface area contributed by atoms with Gasteiger partial charge < -0.3 is 14.4 Å². The number of halogens is 1. The summed E-state index contributed by atoms with van der Waals surface area (Å²) >= 11 is 1.64. The average molecular weight is 561 g/mol. The second-order valence-electron chi connectivity index (χ2n) is 9.61. The van der Waals surface area contributed by atoms with E-state index in [1.54, 1.807) is 40.5 Å². The minimum Gasteiger partial charge on any atom is -0.497 e. The quantitative estimate of drug-likeness (QED) is 0.325. The van der Waals surface area contributed by atoms with Gasteiger partial charge in [-0.15, -0.1) is 11.3 Å². The zero-order chi connectivity index (χ0) is 27.3. The van der Waals surface area contributed by atoms with Crippen LogP contribution in [-0.4, -0.2) is 56.9 Å². The number of methoxy groups -OCH3 is 1. The van der Waals surface area contributed by atoms with Gasteiger partial charge in [0.25, 0.3) is 0 Å². The molecule has 0 bridgehead atoms. The normalized spacial score (nSPS) is 15.5. The Bertz CT molecular complexity index is 1320. The van der Waals surface area contributed by atoms with Gasteiger partial charge in [0, 0.05) is 18.0 Å². The number of fused-ring (bicyclic) bond motifs is 1. The summed E-state index contributed by atoms with van der Waals surface area (Å²) in [6.45, 7) is 4.64. The number of carbonyl (C=O) groups is 1. The van der Waals surface area contributed by atoms with Gasteiger partial charge in [-0.2, -0.15) is 4.31 Å². The van der Waals surface area contributed by atoms with Crippen molar-refractivity contribution in [3.05, 3.63) is 76.2 Å². The molecule has 0 saturated carbocycles. The molecule has 0 unspecified atom stereocenters. The Kier molecular flexibility index (Phi) is 9.07. The maximum Gasteiger partial charge on any atom is 0.243 e. The Hall–Kier alpha value is -2.95. The van der Waals surface area contributed by atoms with E-state index < -0.39 is 10.0 Å². The molecule has 2 aromatic carbocycles. The number of carbonyl (C=O) groups excluding carboxylic acids is 1. The van der Waals surface area contributed by atoms with E-state index in [4.69, 9.17) is 9.47 Å². The molecular formula is C28H33FN2O5S2. The third-order valence-corrected chi connectivity index (χ3v) is 9.46. The Labute approximate surface area is 227 Å². The summed E-state index contributed by atoms with van der Waals surface area (Å²) in [5.41, 5.74) is 1.00. The van der Waals surface area contributed by atoms with Crippen LogP contribution in [0.1, 0.15) is 36.8 Å². The van der Waals surface area contributed by atoms with Gasteiger partial charge in [-0.05, 0) is 84.3 Å². The lowest BCUT2D eigenvalue weighted by Gasteiger charge is -2.37. The molecule has 0 fully saturated rings. The van der Waals surface area contributed by atoms with Crippen molar-refractivity contribution in [1.82, 2.24) is 9.21 Å². The van der Waals surface area contributed by atoms with Gasteiger partial charge in [-0.1, -0.05) is 13.8 Å². The molecule has 2 heterocycles. The van der Waals surface area contributed by atoms with Crippen LogP contribution in [-0.2, 0) is 21.2 Å². The highest BCUT2D eigenvalue weighted by molar-refractivity contribution is 7.89. The van der Waals surface area contributed by atoms with Gasteiger partial charge in [0.1, 0.15) is 23.9 Å². The van der Waals surface area contributed by atoms with E-state index in [-0.39, 0.29) is 48.3 Å². The summed E-state index contributed by atoms with van der Waals surface area (Å²) in [6, 6.07) is 13.6. The molecule has 1 aliphatic heterocycles. The first kappa shape index (κ1) is 28.1. The molecule has 1 amide bonds. The van der Waals surface area contributed by atoms with Gasteiger partial charge in [0.15, 0.2) is 0 Å². The van der Waals surface area contributed by atoms with Crippen LogP contribution in [0.3, 0.4) is 0 Å². The highest BCUT2D eigenvalue weighted by Crippen LogP contribution is 2.34. The first-order chi connectivity index (χ1) is 18.2. The van der Waals surface area contributed by atoms with Crippen molar-refractivity contribution in [3.8, 4) is 11.5 Å². The molecule has 4 rings (SSSR count). The first-order valence-corrected chi connectivity index (χ1v) is 14.9. The van der Waals surface area contributed by atoms with Crippen LogP contribution in [0.2, 0.25) is 0 Å². The molecule has 204 valence electrons. The zero-order valence-electron chi connectivity index (χ0n) is 21.8. The van der Waals surface area contributed by atoms with Crippen LogP contribution in [0, 0.1) is 11.7 Å². The molecule has 0 radical (unpaired) electrons. The number of hydrogen-bond donors (Lipinski definition) is 0. The Morgan fingerprint density at radius 1 is 1.11 bits per heavy atom. The van der Waals surface area contributed by atoms with E-state index in [1.165, 1.54) is 40.6 Å². The molecule has 10 heteroatoms. The van der Waals surface area contributed by atoms with Crippen molar-refractivity contribution in [2.24, 2.45) is 5.92 Å². The number of rotatable bonds is 11. The average Bonchev–Trinajstić information content (AvgIpc) is 3.39. The molecule has 1 aliphatic rings. The van der Waals surface area contributed by atoms with E-state index in [0.717, 1.165) is 5.56 Å². The van der Waals surface area contributed by atoms with Gasteiger partial charge in [-0.25, -0.2) is 12.8 Å². The maximum atomic E-state index is 13.7. The first-order valence-electron chi connectivity index (χ1n) is 12.6. The second kappa shape index (κ2) is 12.3.